The Hall–Kier alpha value is -4.23. The first kappa shape index (κ1) is 96.6. The lowest BCUT2D eigenvalue weighted by Crippen LogP contribution is -2.62. The Morgan fingerprint density at radius 2 is 0.821 bits per heavy atom. The van der Waals surface area contributed by atoms with E-state index in [2.05, 4.69) is 0 Å². The first-order valence-corrected chi connectivity index (χ1v) is 40.1. The van der Waals surface area contributed by atoms with Crippen molar-refractivity contribution in [1.29, 1.82) is 0 Å². The van der Waals surface area contributed by atoms with E-state index in [9.17, 15) is 54.0 Å². The van der Waals surface area contributed by atoms with Gasteiger partial charge in [-0.15, -0.1) is 0 Å². The van der Waals surface area contributed by atoms with Gasteiger partial charge in [0.15, 0.2) is 49.1 Å². The number of cyclic esters (lactones) is 2. The van der Waals surface area contributed by atoms with Crippen LogP contribution in [0.1, 0.15) is 204 Å². The van der Waals surface area contributed by atoms with Crippen LogP contribution in [0.2, 0.25) is 0 Å². The molecule has 7 fully saturated rings. The van der Waals surface area contributed by atoms with Gasteiger partial charge in [0.2, 0.25) is 0 Å². The van der Waals surface area contributed by atoms with Crippen LogP contribution in [0.25, 0.3) is 0 Å². The van der Waals surface area contributed by atoms with E-state index in [4.69, 9.17) is 85.3 Å². The molecule has 0 bridgehead atoms. The Bertz CT molecular complexity index is 3130. The van der Waals surface area contributed by atoms with E-state index in [1.807, 2.05) is 72.6 Å². The maximum atomic E-state index is 14.5. The highest BCUT2D eigenvalue weighted by Crippen LogP contribution is 2.47. The van der Waals surface area contributed by atoms with Crippen molar-refractivity contribution in [3.8, 4) is 0 Å². The normalized spacial score (nSPS) is 46.6. The minimum absolute atomic E-state index is 0.0851. The summed E-state index contributed by atoms with van der Waals surface area (Å²) in [6.07, 6.45) is -17.7. The molecule has 0 aromatic heterocycles. The minimum atomic E-state index is -1.98. The lowest BCUT2D eigenvalue weighted by atomic mass is 9.73. The summed E-state index contributed by atoms with van der Waals surface area (Å²) in [5.41, 5.74) is -8.14. The number of carbonyl (C=O) groups excluding carboxylic acids is 7. The molecule has 0 radical (unpaired) electrons. The lowest BCUT2D eigenvalue weighted by Gasteiger charge is -2.50. The fourth-order valence-corrected chi connectivity index (χ4v) is 18.4. The SMILES string of the molecule is CC[C@H]1OC(=O)[C@H](C)[C@@H](O[C@H]2C[C@@](C)(OC)[C@@H](O)[C@H](C)O2)[C@H](C)[C@@H](O[C@@H]2O[C@H](C)C[C@H](N(C)C)[C@H]2OC(C)=O)[C@@](C)(OC)C[C@@H](C)C(=O)[C@H](C)[C@@H](O)[C@]1(C)O.CC[C@H]1OC(=O)[C@H](C)[C@@H](O[C@H]2C[C@@](C)(OC)[C@@H](O)[C@H](C)O2)[C@H](C)[C@@H](O[C@@H]2O[C@H](C)C[C@H](N(C)C)[C@H]2OC(C)=O)[C@@](C)(OC)C[C@@H](C)C(=O)[C@H](C)[C@H]2OC(=O)O[C@@]21C. The number of rotatable bonds is 18. The molecule has 7 saturated heterocycles. The van der Waals surface area contributed by atoms with E-state index in [1.165, 1.54) is 49.2 Å². The van der Waals surface area contributed by atoms with Gasteiger partial charge in [0.1, 0.15) is 41.6 Å². The predicted octanol–water partition coefficient (Wildman–Crippen LogP) is 7.20. The monoisotopic (exact) mass is 1600 g/mol. The number of methoxy groups -OCH3 is 4. The van der Waals surface area contributed by atoms with Crippen LogP contribution in [0.5, 0.6) is 0 Å². The molecule has 0 aliphatic carbocycles. The van der Waals surface area contributed by atoms with Crippen molar-refractivity contribution in [2.45, 2.75) is 372 Å². The van der Waals surface area contributed by atoms with Gasteiger partial charge in [0, 0.05) is 84.7 Å². The Labute approximate surface area is 664 Å². The van der Waals surface area contributed by atoms with Crippen molar-refractivity contribution in [2.75, 3.05) is 56.6 Å². The standard InChI is InChI=1S/C41H69NO15.C40H71NO14/c1-16-28-41(11)35(56-38(47)57-41)22(4)30(44)20(2)18-40(10,49-15)34(55-37-32(52-26(8)43)27(42(12)13)17-21(3)50-37)23(5)31(24(6)36(46)53-28)54-29-19-39(9,48-14)33(45)25(7)51-29;1-16-28-40(11,47)33(44)22(4)30(43)20(2)18-39(10,49-15)35(55-37-32(52-26(8)42)27(41(12)13)17-21(3)50-37)23(5)31(24(6)36(46)53-28)54-29-19-38(9,48-14)34(45)25(7)51-29/h20-25,27-29,31-35,37,45H,16-19H2,1-15H3;20-25,27-29,31-35,37,44-45,47H,16-19H2,1-15H3/t20-,21-,22+,23+,24-,25+,27+,28-,29+,31+,32-,33+,34-,35-,37+,39-,40+,41-;20-,21-,22+,23+,24-,25+,27+,28-,29+,31+,32-,33-,34+,35-,37+,38-,39+,40-/m11/s1. The molecule has 7 aliphatic rings. The number of Topliss-reactive ketones (excluding diaryl/α,β-unsaturated/α-hetero) is 2. The molecule has 0 spiro atoms. The second-order valence-electron chi connectivity index (χ2n) is 34.8. The van der Waals surface area contributed by atoms with E-state index in [0.29, 0.717) is 12.8 Å². The molecule has 0 aromatic rings. The number of ether oxygens (including phenoxy) is 18. The zero-order valence-corrected chi connectivity index (χ0v) is 72.4. The van der Waals surface area contributed by atoms with Gasteiger partial charge in [-0.1, -0.05) is 55.4 Å². The van der Waals surface area contributed by atoms with Crippen LogP contribution in [0.3, 0.4) is 0 Å². The van der Waals surface area contributed by atoms with Gasteiger partial charge in [-0.2, -0.15) is 0 Å². The zero-order valence-electron chi connectivity index (χ0n) is 72.4. The molecule has 648 valence electrons. The number of aliphatic hydroxyl groups excluding tert-OH is 3. The summed E-state index contributed by atoms with van der Waals surface area (Å²) in [6, 6.07) is -0.558. The average molecular weight is 1610 g/mol. The maximum Gasteiger partial charge on any atom is 0.509 e. The number of hydrogen-bond acceptors (Lipinski definition) is 31. The van der Waals surface area contributed by atoms with Crippen LogP contribution in [0.4, 0.5) is 4.79 Å². The Balaban J connectivity index is 0.000000349. The Kier molecular flexibility index (Phi) is 33.7. The quantitative estimate of drug-likeness (QED) is 0.0778. The van der Waals surface area contributed by atoms with Gasteiger partial charge in [-0.3, -0.25) is 28.8 Å². The summed E-state index contributed by atoms with van der Waals surface area (Å²) in [6.45, 7) is 37.2. The summed E-state index contributed by atoms with van der Waals surface area (Å²) in [5.74, 6) is -9.83. The summed E-state index contributed by atoms with van der Waals surface area (Å²) in [7, 11) is 13.6. The van der Waals surface area contributed by atoms with E-state index in [1.54, 1.807) is 96.9 Å². The van der Waals surface area contributed by atoms with E-state index >= 15 is 0 Å². The first-order chi connectivity index (χ1) is 51.8. The van der Waals surface area contributed by atoms with Crippen molar-refractivity contribution in [2.24, 2.45) is 47.3 Å². The van der Waals surface area contributed by atoms with Crippen LogP contribution in [0, 0.1) is 47.3 Å². The fourth-order valence-electron chi connectivity index (χ4n) is 18.4. The number of likely N-dealkylation sites (N-methyl/N-ethyl adjacent to an activating group) is 2. The van der Waals surface area contributed by atoms with Crippen LogP contribution in [-0.4, -0.2) is 297 Å². The number of hydrogen-bond donors (Lipinski definition) is 4. The summed E-state index contributed by atoms with van der Waals surface area (Å²) in [5, 5.41) is 45.2. The summed E-state index contributed by atoms with van der Waals surface area (Å²) in [4.78, 5) is 99.0. The molecule has 7 rings (SSSR count). The second-order valence-corrected chi connectivity index (χ2v) is 34.8. The van der Waals surface area contributed by atoms with Gasteiger partial charge in [0.25, 0.3) is 0 Å². The van der Waals surface area contributed by atoms with Crippen LogP contribution >= 0.6 is 0 Å². The number of aliphatic hydroxyl groups is 4. The third-order valence-corrected chi connectivity index (χ3v) is 25.6. The number of carbonyl (C=O) groups is 7. The van der Waals surface area contributed by atoms with E-state index in [-0.39, 0.29) is 74.4 Å². The zero-order chi connectivity index (χ0) is 84.9. The molecule has 7 heterocycles. The topological polar surface area (TPSA) is 373 Å². The molecular formula is C81H140N2O29. The molecule has 112 heavy (non-hydrogen) atoms. The van der Waals surface area contributed by atoms with Gasteiger partial charge < -0.3 is 115 Å². The minimum Gasteiger partial charge on any atom is -0.459 e. The van der Waals surface area contributed by atoms with Crippen molar-refractivity contribution < 1.29 is 139 Å². The van der Waals surface area contributed by atoms with Crippen molar-refractivity contribution in [3.63, 3.8) is 0 Å². The van der Waals surface area contributed by atoms with E-state index in [0.717, 1.165) is 0 Å². The molecule has 4 N–H and O–H groups in total. The van der Waals surface area contributed by atoms with Crippen molar-refractivity contribution in [3.05, 3.63) is 0 Å². The Morgan fingerprint density at radius 1 is 0.464 bits per heavy atom. The first-order valence-electron chi connectivity index (χ1n) is 40.1. The molecule has 36 atom stereocenters. The van der Waals surface area contributed by atoms with Crippen molar-refractivity contribution in [1.82, 2.24) is 9.80 Å². The maximum absolute atomic E-state index is 14.5. The third-order valence-electron chi connectivity index (χ3n) is 25.6. The Morgan fingerprint density at radius 3 is 1.16 bits per heavy atom. The second kappa shape index (κ2) is 39.1. The summed E-state index contributed by atoms with van der Waals surface area (Å²) < 4.78 is 112. The molecule has 7 aliphatic heterocycles. The molecule has 31 heteroatoms. The molecule has 31 nitrogen and oxygen atoms in total. The van der Waals surface area contributed by atoms with Gasteiger partial charge in [-0.05, 0) is 150 Å². The van der Waals surface area contributed by atoms with Crippen LogP contribution in [-0.2, 0) is 114 Å². The van der Waals surface area contributed by atoms with Gasteiger partial charge in [0.05, 0.1) is 107 Å². The van der Waals surface area contributed by atoms with E-state index < -0.39 is 222 Å². The summed E-state index contributed by atoms with van der Waals surface area (Å²) >= 11 is 0. The smallest absolute Gasteiger partial charge is 0.459 e. The molecule has 0 unspecified atom stereocenters. The number of esters is 4. The highest BCUT2D eigenvalue weighted by atomic mass is 16.8. The highest BCUT2D eigenvalue weighted by molar-refractivity contribution is 5.85. The average Bonchev–Trinajstić information content (AvgIpc) is 1.67. The number of fused-ring (bicyclic) bond motifs is 1. The van der Waals surface area contributed by atoms with Gasteiger partial charge in [-0.25, -0.2) is 4.79 Å². The lowest BCUT2D eigenvalue weighted by molar-refractivity contribution is -0.320. The molecule has 0 saturated carbocycles. The molecule has 0 amide bonds. The van der Waals surface area contributed by atoms with Crippen LogP contribution < -0.4 is 0 Å². The van der Waals surface area contributed by atoms with Gasteiger partial charge >= 0.3 is 30.0 Å². The number of ketones is 2. The molecule has 0 aromatic carbocycles. The largest absolute Gasteiger partial charge is 0.509 e. The van der Waals surface area contributed by atoms with Crippen LogP contribution in [0.15, 0.2) is 0 Å². The third kappa shape index (κ3) is 21.4. The predicted molar refractivity (Wildman–Crippen MR) is 404 cm³/mol. The highest BCUT2D eigenvalue weighted by Gasteiger charge is 2.61. The van der Waals surface area contributed by atoms with Crippen molar-refractivity contribution >= 4 is 41.6 Å². The molecular weight excluding hydrogens is 1460 g/mol. The number of nitrogens with zero attached hydrogens (tertiary/aromatic N) is 2. The fraction of sp³-hybridized carbons (Fsp3) is 0.914.